The van der Waals surface area contributed by atoms with Crippen molar-refractivity contribution < 1.29 is 0 Å². The van der Waals surface area contributed by atoms with Crippen LogP contribution in [0.3, 0.4) is 0 Å². The fraction of sp³-hybridized carbons (Fsp3) is 0. The van der Waals surface area contributed by atoms with Crippen molar-refractivity contribution in [3.05, 3.63) is 23.5 Å². The highest BCUT2D eigenvalue weighted by Gasteiger charge is 2.11. The molecular formula is C8H7ClN6. The zero-order valence-electron chi connectivity index (χ0n) is 7.55. The van der Waals surface area contributed by atoms with Gasteiger partial charge in [0.05, 0.1) is 0 Å². The van der Waals surface area contributed by atoms with Crippen molar-refractivity contribution in [1.29, 1.82) is 0 Å². The van der Waals surface area contributed by atoms with Crippen LogP contribution in [0.1, 0.15) is 0 Å². The van der Waals surface area contributed by atoms with E-state index in [0.717, 1.165) is 0 Å². The Kier molecular flexibility index (Phi) is 2.34. The predicted molar refractivity (Wildman–Crippen MR) is 56.9 cm³/mol. The Morgan fingerprint density at radius 3 is 2.67 bits per heavy atom. The van der Waals surface area contributed by atoms with Crippen molar-refractivity contribution in [3.8, 4) is 11.3 Å². The molecule has 2 heterocycles. The number of rotatable bonds is 1. The molecule has 0 radical (unpaired) electrons. The van der Waals surface area contributed by atoms with Crippen LogP contribution in [0.4, 0.5) is 11.8 Å². The number of pyridine rings is 1. The second-order valence-corrected chi connectivity index (χ2v) is 3.10. The molecular weight excluding hydrogens is 216 g/mol. The van der Waals surface area contributed by atoms with E-state index in [-0.39, 0.29) is 11.8 Å². The Morgan fingerprint density at radius 1 is 1.20 bits per heavy atom. The van der Waals surface area contributed by atoms with Crippen LogP contribution in [0.2, 0.25) is 5.15 Å². The molecule has 0 saturated carbocycles. The summed E-state index contributed by atoms with van der Waals surface area (Å²) in [6.45, 7) is 0. The predicted octanol–water partition coefficient (Wildman–Crippen LogP) is 0.751. The van der Waals surface area contributed by atoms with Gasteiger partial charge >= 0.3 is 0 Å². The summed E-state index contributed by atoms with van der Waals surface area (Å²) < 4.78 is 0. The molecule has 0 unspecified atom stereocenters. The first-order valence-corrected chi connectivity index (χ1v) is 4.43. The molecule has 0 atom stereocenters. The Labute approximate surface area is 90.3 Å². The number of halogens is 1. The first kappa shape index (κ1) is 9.60. The minimum absolute atomic E-state index is 0.0243. The smallest absolute Gasteiger partial charge is 0.242 e. The minimum Gasteiger partial charge on any atom is -0.382 e. The molecule has 0 aliphatic carbocycles. The van der Waals surface area contributed by atoms with Crippen LogP contribution in [-0.2, 0) is 0 Å². The van der Waals surface area contributed by atoms with Gasteiger partial charge in [-0.15, -0.1) is 10.2 Å². The molecule has 2 aromatic heterocycles. The summed E-state index contributed by atoms with van der Waals surface area (Å²) in [7, 11) is 0. The third-order valence-electron chi connectivity index (χ3n) is 1.74. The summed E-state index contributed by atoms with van der Waals surface area (Å²) >= 11 is 5.88. The third kappa shape index (κ3) is 1.79. The van der Waals surface area contributed by atoms with Crippen LogP contribution in [0.25, 0.3) is 11.3 Å². The molecule has 0 aliphatic rings. The van der Waals surface area contributed by atoms with Gasteiger partial charge in [0.25, 0.3) is 0 Å². The third-order valence-corrected chi connectivity index (χ3v) is 2.05. The van der Waals surface area contributed by atoms with Crippen molar-refractivity contribution in [1.82, 2.24) is 20.2 Å². The molecule has 15 heavy (non-hydrogen) atoms. The lowest BCUT2D eigenvalue weighted by Gasteiger charge is -2.04. The molecule has 0 aromatic carbocycles. The van der Waals surface area contributed by atoms with Gasteiger partial charge in [0, 0.05) is 11.8 Å². The van der Waals surface area contributed by atoms with E-state index in [9.17, 15) is 0 Å². The number of nitrogens with two attached hydrogens (primary N) is 2. The fourth-order valence-corrected chi connectivity index (χ4v) is 1.31. The van der Waals surface area contributed by atoms with E-state index in [4.69, 9.17) is 23.1 Å². The SMILES string of the molecule is Nc1nnc(-c2cccnc2Cl)c(N)n1. The van der Waals surface area contributed by atoms with Crippen LogP contribution in [-0.4, -0.2) is 20.2 Å². The molecule has 0 spiro atoms. The first-order chi connectivity index (χ1) is 7.18. The molecule has 76 valence electrons. The monoisotopic (exact) mass is 222 g/mol. The maximum atomic E-state index is 5.88. The average molecular weight is 223 g/mol. The summed E-state index contributed by atoms with van der Waals surface area (Å²) in [6, 6.07) is 3.45. The average Bonchev–Trinajstić information content (AvgIpc) is 2.20. The summed E-state index contributed by atoms with van der Waals surface area (Å²) in [4.78, 5) is 7.69. The normalized spacial score (nSPS) is 10.2. The largest absolute Gasteiger partial charge is 0.382 e. The van der Waals surface area contributed by atoms with Gasteiger partial charge < -0.3 is 11.5 Å². The molecule has 2 rings (SSSR count). The lowest BCUT2D eigenvalue weighted by Crippen LogP contribution is -2.04. The van der Waals surface area contributed by atoms with E-state index in [1.165, 1.54) is 0 Å². The molecule has 0 amide bonds. The van der Waals surface area contributed by atoms with Crippen molar-refractivity contribution in [2.75, 3.05) is 11.5 Å². The van der Waals surface area contributed by atoms with Crippen LogP contribution < -0.4 is 11.5 Å². The zero-order valence-corrected chi connectivity index (χ0v) is 8.31. The number of aromatic nitrogens is 4. The Balaban J connectivity index is 2.60. The molecule has 0 saturated heterocycles. The van der Waals surface area contributed by atoms with Gasteiger partial charge in [-0.3, -0.25) is 0 Å². The maximum Gasteiger partial charge on any atom is 0.242 e. The van der Waals surface area contributed by atoms with E-state index in [0.29, 0.717) is 16.4 Å². The van der Waals surface area contributed by atoms with E-state index in [1.807, 2.05) is 0 Å². The van der Waals surface area contributed by atoms with Gasteiger partial charge in [0.2, 0.25) is 5.95 Å². The summed E-state index contributed by atoms with van der Waals surface area (Å²) in [5.41, 5.74) is 11.9. The highest BCUT2D eigenvalue weighted by molar-refractivity contribution is 6.32. The van der Waals surface area contributed by atoms with Gasteiger partial charge in [-0.25, -0.2) is 4.98 Å². The Morgan fingerprint density at radius 2 is 2.00 bits per heavy atom. The highest BCUT2D eigenvalue weighted by atomic mass is 35.5. The van der Waals surface area contributed by atoms with E-state index < -0.39 is 0 Å². The first-order valence-electron chi connectivity index (χ1n) is 4.05. The maximum absolute atomic E-state index is 5.88. The number of nitrogen functional groups attached to an aromatic ring is 2. The molecule has 4 N–H and O–H groups in total. The number of hydrogen-bond acceptors (Lipinski definition) is 6. The van der Waals surface area contributed by atoms with Crippen LogP contribution in [0.15, 0.2) is 18.3 Å². The van der Waals surface area contributed by atoms with Crippen molar-refractivity contribution in [2.45, 2.75) is 0 Å². The Hall–Kier alpha value is -1.95. The van der Waals surface area contributed by atoms with Crippen molar-refractivity contribution in [2.24, 2.45) is 0 Å². The lowest BCUT2D eigenvalue weighted by molar-refractivity contribution is 0.998. The van der Waals surface area contributed by atoms with Crippen LogP contribution in [0.5, 0.6) is 0 Å². The van der Waals surface area contributed by atoms with E-state index in [2.05, 4.69) is 20.2 Å². The van der Waals surface area contributed by atoms with Crippen LogP contribution in [0, 0.1) is 0 Å². The second-order valence-electron chi connectivity index (χ2n) is 2.75. The minimum atomic E-state index is 0.0243. The summed E-state index contributed by atoms with van der Waals surface area (Å²) in [5.74, 6) is 0.202. The highest BCUT2D eigenvalue weighted by Crippen LogP contribution is 2.26. The molecule has 7 heteroatoms. The van der Waals surface area contributed by atoms with Gasteiger partial charge in [-0.05, 0) is 12.1 Å². The topological polar surface area (TPSA) is 104 Å². The number of nitrogens with zero attached hydrogens (tertiary/aromatic N) is 4. The second kappa shape index (κ2) is 3.66. The summed E-state index contributed by atoms with van der Waals surface area (Å²) in [5, 5.41) is 7.73. The van der Waals surface area contributed by atoms with Crippen molar-refractivity contribution >= 4 is 23.4 Å². The number of hydrogen-bond donors (Lipinski definition) is 2. The molecule has 0 fully saturated rings. The van der Waals surface area contributed by atoms with Crippen LogP contribution >= 0.6 is 11.6 Å². The van der Waals surface area contributed by atoms with E-state index in [1.54, 1.807) is 18.3 Å². The van der Waals surface area contributed by atoms with Crippen molar-refractivity contribution in [3.63, 3.8) is 0 Å². The fourth-order valence-electron chi connectivity index (χ4n) is 1.11. The molecule has 2 aromatic rings. The van der Waals surface area contributed by atoms with Gasteiger partial charge in [0.15, 0.2) is 5.82 Å². The quantitative estimate of drug-likeness (QED) is 0.690. The molecule has 0 aliphatic heterocycles. The molecule has 0 bridgehead atoms. The molecule has 6 nitrogen and oxygen atoms in total. The standard InChI is InChI=1S/C8H7ClN6/c9-6-4(2-1-3-12-6)5-7(10)13-8(11)15-14-5/h1-3H,(H4,10,11,13,15). The summed E-state index contributed by atoms with van der Waals surface area (Å²) in [6.07, 6.45) is 1.57. The Bertz CT molecular complexity index is 500. The van der Waals surface area contributed by atoms with Gasteiger partial charge in [0.1, 0.15) is 10.8 Å². The zero-order chi connectivity index (χ0) is 10.8. The lowest BCUT2D eigenvalue weighted by atomic mass is 10.2. The van der Waals surface area contributed by atoms with Gasteiger partial charge in [-0.1, -0.05) is 11.6 Å². The van der Waals surface area contributed by atoms with Gasteiger partial charge in [-0.2, -0.15) is 4.98 Å². The van der Waals surface area contributed by atoms with E-state index >= 15 is 0 Å². The number of anilines is 2.